The van der Waals surface area contributed by atoms with Gasteiger partial charge in [-0.2, -0.15) is 5.10 Å². The smallest absolute Gasteiger partial charge is 0.108 e. The van der Waals surface area contributed by atoms with Crippen LogP contribution in [0.5, 0.6) is 0 Å². The van der Waals surface area contributed by atoms with Gasteiger partial charge in [-0.1, -0.05) is 24.3 Å². The zero-order valence-electron chi connectivity index (χ0n) is 14.4. The topological polar surface area (TPSA) is 62.8 Å². The molecule has 0 amide bonds. The third kappa shape index (κ3) is 4.69. The first-order valence-corrected chi connectivity index (χ1v) is 8.90. The lowest BCUT2D eigenvalue weighted by Crippen LogP contribution is -2.36. The summed E-state index contributed by atoms with van der Waals surface area (Å²) in [6, 6.07) is 6.67. The van der Waals surface area contributed by atoms with Gasteiger partial charge in [0.25, 0.3) is 0 Å². The van der Waals surface area contributed by atoms with Crippen molar-refractivity contribution in [2.24, 2.45) is 21.9 Å². The molecule has 3 N–H and O–H groups in total. The lowest BCUT2D eigenvalue weighted by molar-refractivity contribution is 0.408. The largest absolute Gasteiger partial charge is 0.323 e. The third-order valence-corrected chi connectivity index (χ3v) is 4.59. The Bertz CT molecular complexity index is 683. The molecule has 4 nitrogen and oxygen atoms in total. The van der Waals surface area contributed by atoms with Gasteiger partial charge in [-0.15, -0.1) is 0 Å². The molecule has 1 aliphatic heterocycles. The Morgan fingerprint density at radius 2 is 2.21 bits per heavy atom. The van der Waals surface area contributed by atoms with Gasteiger partial charge < -0.3 is 11.2 Å². The number of nitrogens with one attached hydrogen (secondary N) is 1. The van der Waals surface area contributed by atoms with Crippen LogP contribution in [0, 0.1) is 24.7 Å². The van der Waals surface area contributed by atoms with Gasteiger partial charge >= 0.3 is 0 Å². The molecular formula is C20H26N4. The molecule has 1 heterocycles. The molecule has 2 aliphatic rings. The third-order valence-electron chi connectivity index (χ3n) is 4.59. The van der Waals surface area contributed by atoms with Crippen molar-refractivity contribution in [3.63, 3.8) is 0 Å². The van der Waals surface area contributed by atoms with Crippen LogP contribution in [0.1, 0.15) is 48.8 Å². The van der Waals surface area contributed by atoms with E-state index in [2.05, 4.69) is 40.2 Å². The molecule has 1 atom stereocenters. The van der Waals surface area contributed by atoms with Crippen molar-refractivity contribution in [2.75, 3.05) is 13.1 Å². The molecule has 1 saturated heterocycles. The van der Waals surface area contributed by atoms with E-state index in [4.69, 9.17) is 5.84 Å². The molecule has 0 bridgehead atoms. The average Bonchev–Trinajstić information content (AvgIpc) is 3.43. The van der Waals surface area contributed by atoms with E-state index in [-0.39, 0.29) is 0 Å². The molecule has 0 aromatic heterocycles. The fraction of sp³-hybridized carbons (Fsp3) is 0.500. The Morgan fingerprint density at radius 1 is 1.33 bits per heavy atom. The van der Waals surface area contributed by atoms with Crippen molar-refractivity contribution in [1.29, 1.82) is 0 Å². The second-order valence-electron chi connectivity index (χ2n) is 6.73. The number of aryl methyl sites for hydroxylation is 1. The van der Waals surface area contributed by atoms with Gasteiger partial charge in [0.1, 0.15) is 5.71 Å². The number of benzene rings is 1. The summed E-state index contributed by atoms with van der Waals surface area (Å²) in [7, 11) is 0. The van der Waals surface area contributed by atoms with Gasteiger partial charge in [-0.05, 0) is 56.8 Å². The van der Waals surface area contributed by atoms with E-state index < -0.39 is 0 Å². The van der Waals surface area contributed by atoms with Crippen LogP contribution in [0.2, 0.25) is 0 Å². The van der Waals surface area contributed by atoms with Crippen LogP contribution in [0.4, 0.5) is 0 Å². The van der Waals surface area contributed by atoms with Crippen LogP contribution in [0.25, 0.3) is 0 Å². The Balaban J connectivity index is 1.65. The molecule has 2 fully saturated rings. The molecule has 4 heteroatoms. The molecule has 126 valence electrons. The predicted molar refractivity (Wildman–Crippen MR) is 101 cm³/mol. The zero-order valence-corrected chi connectivity index (χ0v) is 14.4. The number of rotatable bonds is 4. The van der Waals surface area contributed by atoms with Gasteiger partial charge in [-0.3, -0.25) is 4.99 Å². The second-order valence-corrected chi connectivity index (χ2v) is 6.73. The number of nitrogens with zero attached hydrogens (tertiary/aromatic N) is 2. The van der Waals surface area contributed by atoms with E-state index in [1.54, 1.807) is 6.21 Å². The van der Waals surface area contributed by atoms with E-state index in [0.29, 0.717) is 12.0 Å². The molecule has 1 aliphatic carbocycles. The van der Waals surface area contributed by atoms with Crippen molar-refractivity contribution in [3.05, 3.63) is 34.9 Å². The lowest BCUT2D eigenvalue weighted by atomic mass is 10.0. The van der Waals surface area contributed by atoms with Crippen molar-refractivity contribution < 1.29 is 0 Å². The normalized spacial score (nSPS) is 21.5. The summed E-state index contributed by atoms with van der Waals surface area (Å²) >= 11 is 0. The monoisotopic (exact) mass is 322 g/mol. The summed E-state index contributed by atoms with van der Waals surface area (Å²) < 4.78 is 0. The maximum absolute atomic E-state index is 5.59. The molecule has 3 rings (SSSR count). The van der Waals surface area contributed by atoms with E-state index in [0.717, 1.165) is 35.5 Å². The number of hydrogen-bond donors (Lipinski definition) is 2. The van der Waals surface area contributed by atoms with Crippen LogP contribution in [0.15, 0.2) is 28.3 Å². The lowest BCUT2D eigenvalue weighted by Gasteiger charge is -2.21. The van der Waals surface area contributed by atoms with Crippen LogP contribution in [-0.4, -0.2) is 31.1 Å². The highest BCUT2D eigenvalue weighted by Gasteiger charge is 2.17. The van der Waals surface area contributed by atoms with E-state index in [9.17, 15) is 0 Å². The van der Waals surface area contributed by atoms with E-state index in [1.807, 2.05) is 12.1 Å². The first kappa shape index (κ1) is 16.7. The summed E-state index contributed by atoms with van der Waals surface area (Å²) in [5, 5.41) is 7.42. The van der Waals surface area contributed by atoms with Gasteiger partial charge in [0.15, 0.2) is 0 Å². The maximum Gasteiger partial charge on any atom is 0.108 e. The highest BCUT2D eigenvalue weighted by molar-refractivity contribution is 6.38. The second kappa shape index (κ2) is 8.12. The Hall–Kier alpha value is -2.12. The summed E-state index contributed by atoms with van der Waals surface area (Å²) in [6.07, 6.45) is 8.05. The minimum absolute atomic E-state index is 0.482. The molecule has 0 spiro atoms. The highest BCUT2D eigenvalue weighted by Crippen LogP contribution is 2.27. The maximum atomic E-state index is 5.59. The minimum Gasteiger partial charge on any atom is -0.323 e. The van der Waals surface area contributed by atoms with Crippen LogP contribution < -0.4 is 11.2 Å². The standard InChI is InChI=1S/C20H26N4/c1-15-12-17(8-7-16-5-6-16)9-10-19(15)20(24-21)14-22-13-18-4-2-3-11-23-18/h9-10,12,14,16,18,23H,2-6,11,13,21H2,1H3/b22-14?,24-20+. The Labute approximate surface area is 144 Å². The quantitative estimate of drug-likeness (QED) is 0.387. The van der Waals surface area contributed by atoms with Crippen LogP contribution >= 0.6 is 0 Å². The number of hydrogen-bond acceptors (Lipinski definition) is 4. The molecule has 1 unspecified atom stereocenters. The molecular weight excluding hydrogens is 296 g/mol. The zero-order chi connectivity index (χ0) is 16.8. The van der Waals surface area contributed by atoms with Crippen LogP contribution in [0.3, 0.4) is 0 Å². The van der Waals surface area contributed by atoms with Crippen molar-refractivity contribution in [3.8, 4) is 11.8 Å². The Morgan fingerprint density at radius 3 is 2.88 bits per heavy atom. The van der Waals surface area contributed by atoms with Gasteiger partial charge in [-0.25, -0.2) is 0 Å². The summed E-state index contributed by atoms with van der Waals surface area (Å²) in [6.45, 7) is 3.95. The SMILES string of the molecule is Cc1cc(C#CC2CC2)ccc1/C(C=NCC1CCCCN1)=N/N. The van der Waals surface area contributed by atoms with E-state index in [1.165, 1.54) is 32.1 Å². The summed E-state index contributed by atoms with van der Waals surface area (Å²) in [4.78, 5) is 4.55. The average molecular weight is 322 g/mol. The number of piperidine rings is 1. The number of hydrazone groups is 1. The molecule has 1 saturated carbocycles. The minimum atomic E-state index is 0.482. The molecule has 1 aromatic rings. The van der Waals surface area contributed by atoms with Gasteiger partial charge in [0.2, 0.25) is 0 Å². The number of aliphatic imine (C=N–C) groups is 1. The van der Waals surface area contributed by atoms with Gasteiger partial charge in [0, 0.05) is 29.3 Å². The Kier molecular flexibility index (Phi) is 5.66. The van der Waals surface area contributed by atoms with E-state index >= 15 is 0 Å². The fourth-order valence-corrected chi connectivity index (χ4v) is 2.96. The summed E-state index contributed by atoms with van der Waals surface area (Å²) in [5.41, 5.74) is 3.94. The van der Waals surface area contributed by atoms with Crippen molar-refractivity contribution >= 4 is 11.9 Å². The molecule has 24 heavy (non-hydrogen) atoms. The number of nitrogens with two attached hydrogens (primary N) is 1. The fourth-order valence-electron chi connectivity index (χ4n) is 2.96. The molecule has 0 radical (unpaired) electrons. The highest BCUT2D eigenvalue weighted by atomic mass is 15.1. The van der Waals surface area contributed by atoms with Gasteiger partial charge in [0.05, 0.1) is 6.54 Å². The summed E-state index contributed by atoms with van der Waals surface area (Å²) in [5.74, 6) is 12.8. The predicted octanol–water partition coefficient (Wildman–Crippen LogP) is 2.63. The first-order chi connectivity index (χ1) is 11.8. The van der Waals surface area contributed by atoms with Crippen molar-refractivity contribution in [2.45, 2.75) is 45.1 Å². The first-order valence-electron chi connectivity index (χ1n) is 8.90. The van der Waals surface area contributed by atoms with Crippen LogP contribution in [-0.2, 0) is 0 Å². The van der Waals surface area contributed by atoms with Crippen molar-refractivity contribution in [1.82, 2.24) is 5.32 Å². The molecule has 1 aromatic carbocycles.